The van der Waals surface area contributed by atoms with E-state index in [1.807, 2.05) is 0 Å². The molecule has 0 bridgehead atoms. The zero-order valence-corrected chi connectivity index (χ0v) is 13.1. The fourth-order valence-corrected chi connectivity index (χ4v) is 4.54. The van der Waals surface area contributed by atoms with Crippen LogP contribution in [0.5, 0.6) is 0 Å². The molecule has 2 heterocycles. The third-order valence-electron chi connectivity index (χ3n) is 4.04. The lowest BCUT2D eigenvalue weighted by molar-refractivity contribution is -0.121. The van der Waals surface area contributed by atoms with Gasteiger partial charge in [-0.1, -0.05) is 12.1 Å². The van der Waals surface area contributed by atoms with E-state index in [0.29, 0.717) is 17.5 Å². The maximum absolute atomic E-state index is 12.1. The van der Waals surface area contributed by atoms with Crippen molar-refractivity contribution in [3.8, 4) is 0 Å². The third kappa shape index (κ3) is 3.12. The van der Waals surface area contributed by atoms with E-state index >= 15 is 0 Å². The minimum atomic E-state index is -3.06. The molecule has 7 nitrogen and oxygen atoms in total. The highest BCUT2D eigenvalue weighted by Crippen LogP contribution is 2.22. The Balaban J connectivity index is 1.56. The van der Waals surface area contributed by atoms with Crippen LogP contribution in [0.15, 0.2) is 24.3 Å². The van der Waals surface area contributed by atoms with Crippen molar-refractivity contribution in [2.45, 2.75) is 18.9 Å². The molecular weight excluding hydrogens is 320 g/mol. The maximum atomic E-state index is 12.1. The Morgan fingerprint density at radius 2 is 1.78 bits per heavy atom. The summed E-state index contributed by atoms with van der Waals surface area (Å²) in [6.07, 6.45) is 0.364. The molecular formula is C15H16N2O5S. The number of hydrogen-bond acceptors (Lipinski definition) is 5. The van der Waals surface area contributed by atoms with Crippen molar-refractivity contribution < 1.29 is 22.8 Å². The second-order valence-electron chi connectivity index (χ2n) is 5.73. The first-order chi connectivity index (χ1) is 10.9. The number of carbonyl (C=O) groups excluding carboxylic acids is 3. The van der Waals surface area contributed by atoms with E-state index in [9.17, 15) is 22.8 Å². The van der Waals surface area contributed by atoms with Crippen LogP contribution >= 0.6 is 0 Å². The van der Waals surface area contributed by atoms with Crippen LogP contribution in [0.3, 0.4) is 0 Å². The lowest BCUT2D eigenvalue weighted by Gasteiger charge is -2.15. The molecule has 23 heavy (non-hydrogen) atoms. The first-order valence-corrected chi connectivity index (χ1v) is 9.14. The summed E-state index contributed by atoms with van der Waals surface area (Å²) < 4.78 is 22.7. The molecule has 1 atom stereocenters. The number of rotatable bonds is 4. The zero-order chi connectivity index (χ0) is 16.6. The molecule has 0 aromatic heterocycles. The third-order valence-corrected chi connectivity index (χ3v) is 5.81. The van der Waals surface area contributed by atoms with Crippen LogP contribution in [0.4, 0.5) is 0 Å². The topological polar surface area (TPSA) is 101 Å². The number of fused-ring (bicyclic) bond motifs is 1. The standard InChI is InChI=1S/C15H16N2O5S/c18-13(16-10-6-8-23(21,22)9-10)5-7-17-14(19)11-3-1-2-4-12(11)15(17)20/h1-4,10H,5-9H2,(H,16,18)/t10-/m0/s1. The van der Waals surface area contributed by atoms with Gasteiger partial charge >= 0.3 is 0 Å². The van der Waals surface area contributed by atoms with E-state index in [2.05, 4.69) is 5.32 Å². The quantitative estimate of drug-likeness (QED) is 0.779. The van der Waals surface area contributed by atoms with Gasteiger partial charge in [0.1, 0.15) is 0 Å². The lowest BCUT2D eigenvalue weighted by atomic mass is 10.1. The first-order valence-electron chi connectivity index (χ1n) is 7.32. The second-order valence-corrected chi connectivity index (χ2v) is 7.95. The molecule has 1 fully saturated rings. The van der Waals surface area contributed by atoms with Gasteiger partial charge in [0.15, 0.2) is 9.84 Å². The fraction of sp³-hybridized carbons (Fsp3) is 0.400. The average molecular weight is 336 g/mol. The van der Waals surface area contributed by atoms with Crippen LogP contribution in [0, 0.1) is 0 Å². The highest BCUT2D eigenvalue weighted by atomic mass is 32.2. The van der Waals surface area contributed by atoms with Crippen LogP contribution in [-0.2, 0) is 14.6 Å². The normalized spacial score (nSPS) is 22.3. The molecule has 0 saturated carbocycles. The molecule has 2 aliphatic rings. The van der Waals surface area contributed by atoms with Crippen molar-refractivity contribution in [2.75, 3.05) is 18.1 Å². The van der Waals surface area contributed by atoms with Gasteiger partial charge < -0.3 is 5.32 Å². The van der Waals surface area contributed by atoms with Gasteiger partial charge in [-0.15, -0.1) is 0 Å². The summed E-state index contributed by atoms with van der Waals surface area (Å²) in [4.78, 5) is 37.2. The number of benzene rings is 1. The van der Waals surface area contributed by atoms with Crippen LogP contribution in [0.1, 0.15) is 33.6 Å². The van der Waals surface area contributed by atoms with Gasteiger partial charge in [-0.2, -0.15) is 0 Å². The zero-order valence-electron chi connectivity index (χ0n) is 12.3. The Kier molecular flexibility index (Phi) is 3.93. The summed E-state index contributed by atoms with van der Waals surface area (Å²) in [7, 11) is -3.06. The molecule has 2 aliphatic heterocycles. The van der Waals surface area contributed by atoms with E-state index in [4.69, 9.17) is 0 Å². The highest BCUT2D eigenvalue weighted by Gasteiger charge is 2.35. The van der Waals surface area contributed by atoms with Gasteiger partial charge in [-0.3, -0.25) is 19.3 Å². The van der Waals surface area contributed by atoms with Crippen molar-refractivity contribution in [1.82, 2.24) is 10.2 Å². The number of imide groups is 1. The monoisotopic (exact) mass is 336 g/mol. The SMILES string of the molecule is O=C(CCN1C(=O)c2ccccc2C1=O)N[C@H]1CCS(=O)(=O)C1. The lowest BCUT2D eigenvalue weighted by Crippen LogP contribution is -2.39. The van der Waals surface area contributed by atoms with E-state index in [1.165, 1.54) is 0 Å². The molecule has 0 radical (unpaired) electrons. The maximum Gasteiger partial charge on any atom is 0.261 e. The van der Waals surface area contributed by atoms with E-state index in [0.717, 1.165) is 4.90 Å². The number of amides is 3. The van der Waals surface area contributed by atoms with Crippen molar-refractivity contribution in [3.05, 3.63) is 35.4 Å². The van der Waals surface area contributed by atoms with Crippen LogP contribution in [0.2, 0.25) is 0 Å². The van der Waals surface area contributed by atoms with E-state index < -0.39 is 21.7 Å². The molecule has 0 aliphatic carbocycles. The number of carbonyl (C=O) groups is 3. The Morgan fingerprint density at radius 1 is 1.17 bits per heavy atom. The molecule has 122 valence electrons. The summed E-state index contributed by atoms with van der Waals surface area (Å²) in [5, 5.41) is 2.64. The van der Waals surface area contributed by atoms with Gasteiger partial charge in [0.05, 0.1) is 22.6 Å². The number of nitrogens with zero attached hydrogens (tertiary/aromatic N) is 1. The Labute approximate surface area is 133 Å². The molecule has 0 unspecified atom stereocenters. The van der Waals surface area contributed by atoms with E-state index in [-0.39, 0.29) is 36.4 Å². The van der Waals surface area contributed by atoms with Crippen molar-refractivity contribution in [2.24, 2.45) is 0 Å². The predicted molar refractivity (Wildman–Crippen MR) is 81.6 cm³/mol. The molecule has 1 aromatic rings. The summed E-state index contributed by atoms with van der Waals surface area (Å²) in [5.74, 6) is -1.13. The molecule has 1 aromatic carbocycles. The number of hydrogen-bond donors (Lipinski definition) is 1. The summed E-state index contributed by atoms with van der Waals surface area (Å²) >= 11 is 0. The van der Waals surface area contributed by atoms with Gasteiger partial charge in [-0.25, -0.2) is 8.42 Å². The Morgan fingerprint density at radius 3 is 2.30 bits per heavy atom. The second kappa shape index (κ2) is 5.77. The highest BCUT2D eigenvalue weighted by molar-refractivity contribution is 7.91. The fourth-order valence-electron chi connectivity index (χ4n) is 2.86. The van der Waals surface area contributed by atoms with Gasteiger partial charge in [0.25, 0.3) is 11.8 Å². The molecule has 3 rings (SSSR count). The summed E-state index contributed by atoms with van der Waals surface area (Å²) in [6, 6.07) is 6.15. The van der Waals surface area contributed by atoms with Gasteiger partial charge in [0, 0.05) is 19.0 Å². The number of sulfone groups is 1. The molecule has 0 spiro atoms. The molecule has 1 N–H and O–H groups in total. The minimum absolute atomic E-state index is 0.0162. The van der Waals surface area contributed by atoms with Crippen molar-refractivity contribution >= 4 is 27.6 Å². The summed E-state index contributed by atoms with van der Waals surface area (Å²) in [6.45, 7) is -0.0162. The van der Waals surface area contributed by atoms with Crippen molar-refractivity contribution in [3.63, 3.8) is 0 Å². The van der Waals surface area contributed by atoms with Gasteiger partial charge in [0.2, 0.25) is 5.91 Å². The molecule has 3 amide bonds. The average Bonchev–Trinajstić information content (AvgIpc) is 2.96. The molecule has 1 saturated heterocycles. The number of nitrogens with one attached hydrogen (secondary N) is 1. The predicted octanol–water partition coefficient (Wildman–Crippen LogP) is -0.0240. The Hall–Kier alpha value is -2.22. The first kappa shape index (κ1) is 15.7. The Bertz CT molecular complexity index is 752. The van der Waals surface area contributed by atoms with Crippen molar-refractivity contribution in [1.29, 1.82) is 0 Å². The van der Waals surface area contributed by atoms with Gasteiger partial charge in [-0.05, 0) is 18.6 Å². The van der Waals surface area contributed by atoms with Crippen LogP contribution in [0.25, 0.3) is 0 Å². The summed E-state index contributed by atoms with van der Waals surface area (Å²) in [5.41, 5.74) is 0.694. The largest absolute Gasteiger partial charge is 0.352 e. The van der Waals surface area contributed by atoms with Crippen LogP contribution in [-0.4, -0.2) is 55.1 Å². The molecule has 8 heteroatoms. The van der Waals surface area contributed by atoms with Crippen LogP contribution < -0.4 is 5.32 Å². The van der Waals surface area contributed by atoms with E-state index in [1.54, 1.807) is 24.3 Å². The minimum Gasteiger partial charge on any atom is -0.352 e. The smallest absolute Gasteiger partial charge is 0.261 e.